The van der Waals surface area contributed by atoms with Crippen LogP contribution < -0.4 is 5.32 Å². The molecule has 2 rings (SSSR count). The summed E-state index contributed by atoms with van der Waals surface area (Å²) in [5, 5.41) is 14.4. The Bertz CT molecular complexity index is 954. The molecular formula is C24H31ClN2O6. The number of esters is 2. The molecule has 0 aromatic heterocycles. The molecule has 1 N–H and O–H groups in total. The molecule has 1 aromatic carbocycles. The van der Waals surface area contributed by atoms with Gasteiger partial charge in [-0.1, -0.05) is 25.0 Å². The highest BCUT2D eigenvalue weighted by Gasteiger charge is 2.38. The molecule has 0 aliphatic carbocycles. The number of unbranched alkanes of at least 4 members (excludes halogenated alkanes) is 3. The Morgan fingerprint density at radius 2 is 1.73 bits per heavy atom. The second kappa shape index (κ2) is 12.4. The summed E-state index contributed by atoms with van der Waals surface area (Å²) < 4.78 is 11.0. The summed E-state index contributed by atoms with van der Waals surface area (Å²) in [6, 6.07) is 5.93. The average Bonchev–Trinajstić information content (AvgIpc) is 2.74. The zero-order valence-electron chi connectivity index (χ0n) is 19.5. The van der Waals surface area contributed by atoms with Gasteiger partial charge < -0.3 is 14.8 Å². The molecule has 33 heavy (non-hydrogen) atoms. The van der Waals surface area contributed by atoms with E-state index in [0.717, 1.165) is 19.3 Å². The van der Waals surface area contributed by atoms with E-state index in [4.69, 9.17) is 21.1 Å². The first-order chi connectivity index (χ1) is 15.7. The number of carbonyl (C=O) groups excluding carboxylic acids is 2. The fraction of sp³-hybridized carbons (Fsp3) is 0.500. The van der Waals surface area contributed by atoms with Crippen molar-refractivity contribution in [3.8, 4) is 0 Å². The lowest BCUT2D eigenvalue weighted by Crippen LogP contribution is -2.33. The van der Waals surface area contributed by atoms with Gasteiger partial charge in [-0.15, -0.1) is 11.6 Å². The standard InChI is InChI=1S/C24H31ClN2O6/c1-15(2)33-24(29)21-17(4)26-16(3)20(23(28)32-13-8-6-5-7-12-25)22(21)18-10-9-11-19(14-18)27(30)31/h9-11,14-15,22,26H,5-8,12-13H2,1-4H3. The van der Waals surface area contributed by atoms with E-state index in [-0.39, 0.29) is 29.5 Å². The van der Waals surface area contributed by atoms with Crippen molar-refractivity contribution in [2.45, 2.75) is 65.4 Å². The quantitative estimate of drug-likeness (QED) is 0.154. The molecule has 180 valence electrons. The van der Waals surface area contributed by atoms with Crippen LogP contribution in [0.15, 0.2) is 46.8 Å². The summed E-state index contributed by atoms with van der Waals surface area (Å²) in [6.45, 7) is 7.12. The lowest BCUT2D eigenvalue weighted by Gasteiger charge is -2.30. The van der Waals surface area contributed by atoms with Crippen LogP contribution in [0.25, 0.3) is 0 Å². The third-order valence-corrected chi connectivity index (χ3v) is 5.49. The number of nitro benzene ring substituents is 1. The first kappa shape index (κ1) is 26.4. The van der Waals surface area contributed by atoms with Crippen molar-refractivity contribution in [2.75, 3.05) is 12.5 Å². The number of alkyl halides is 1. The molecule has 1 aromatic rings. The second-order valence-electron chi connectivity index (χ2n) is 8.18. The summed E-state index contributed by atoms with van der Waals surface area (Å²) in [5.41, 5.74) is 1.81. The third-order valence-electron chi connectivity index (χ3n) is 5.22. The predicted molar refractivity (Wildman–Crippen MR) is 126 cm³/mol. The Hall–Kier alpha value is -2.87. The van der Waals surface area contributed by atoms with Crippen LogP contribution >= 0.6 is 11.6 Å². The number of hydrogen-bond acceptors (Lipinski definition) is 7. The minimum absolute atomic E-state index is 0.134. The molecule has 1 aliphatic heterocycles. The number of hydrogen-bond donors (Lipinski definition) is 1. The normalized spacial score (nSPS) is 16.0. The van der Waals surface area contributed by atoms with Gasteiger partial charge in [0, 0.05) is 29.4 Å². The maximum absolute atomic E-state index is 13.1. The zero-order valence-corrected chi connectivity index (χ0v) is 20.2. The molecule has 0 saturated heterocycles. The topological polar surface area (TPSA) is 108 Å². The fourth-order valence-corrected chi connectivity index (χ4v) is 3.95. The maximum Gasteiger partial charge on any atom is 0.337 e. The molecule has 0 saturated carbocycles. The van der Waals surface area contributed by atoms with Crippen molar-refractivity contribution in [3.05, 3.63) is 62.5 Å². The number of non-ortho nitro benzene ring substituents is 1. The van der Waals surface area contributed by atoms with Crippen molar-refractivity contribution in [1.82, 2.24) is 5.32 Å². The van der Waals surface area contributed by atoms with E-state index in [1.807, 2.05) is 0 Å². The minimum Gasteiger partial charge on any atom is -0.462 e. The lowest BCUT2D eigenvalue weighted by atomic mass is 9.80. The van der Waals surface area contributed by atoms with E-state index in [9.17, 15) is 19.7 Å². The summed E-state index contributed by atoms with van der Waals surface area (Å²) in [4.78, 5) is 37.0. The van der Waals surface area contributed by atoms with Gasteiger partial charge in [-0.05, 0) is 46.1 Å². The van der Waals surface area contributed by atoms with Crippen LogP contribution in [0, 0.1) is 10.1 Å². The summed E-state index contributed by atoms with van der Waals surface area (Å²) in [7, 11) is 0. The smallest absolute Gasteiger partial charge is 0.337 e. The highest BCUT2D eigenvalue weighted by molar-refractivity contribution is 6.17. The number of benzene rings is 1. The summed E-state index contributed by atoms with van der Waals surface area (Å²) >= 11 is 5.69. The van der Waals surface area contributed by atoms with E-state index in [1.165, 1.54) is 18.2 Å². The van der Waals surface area contributed by atoms with Crippen LogP contribution in [0.3, 0.4) is 0 Å². The third kappa shape index (κ3) is 7.05. The SMILES string of the molecule is CC1=C(C(=O)OCCCCCCCl)C(c2cccc([N+](=O)[O-])c2)C(C(=O)OC(C)C)=C(C)N1. The van der Waals surface area contributed by atoms with Gasteiger partial charge in [-0.2, -0.15) is 0 Å². The van der Waals surface area contributed by atoms with E-state index < -0.39 is 22.8 Å². The Labute approximate surface area is 199 Å². The Kier molecular flexibility index (Phi) is 9.91. The number of dihydropyridines is 1. The number of nitrogens with zero attached hydrogens (tertiary/aromatic N) is 1. The van der Waals surface area contributed by atoms with Gasteiger partial charge in [0.15, 0.2) is 0 Å². The molecule has 0 fully saturated rings. The molecule has 0 amide bonds. The van der Waals surface area contributed by atoms with Gasteiger partial charge in [0.2, 0.25) is 0 Å². The monoisotopic (exact) mass is 478 g/mol. The predicted octanol–water partition coefficient (Wildman–Crippen LogP) is 5.12. The van der Waals surface area contributed by atoms with E-state index in [1.54, 1.807) is 33.8 Å². The molecule has 0 radical (unpaired) electrons. The largest absolute Gasteiger partial charge is 0.462 e. The Morgan fingerprint density at radius 1 is 1.09 bits per heavy atom. The molecule has 0 spiro atoms. The first-order valence-corrected chi connectivity index (χ1v) is 11.6. The maximum atomic E-state index is 13.1. The molecule has 1 unspecified atom stereocenters. The minimum atomic E-state index is -0.860. The summed E-state index contributed by atoms with van der Waals surface area (Å²) in [5.74, 6) is -1.42. The van der Waals surface area contributed by atoms with Crippen LogP contribution in [-0.2, 0) is 19.1 Å². The van der Waals surface area contributed by atoms with Crippen LogP contribution in [0.1, 0.15) is 64.9 Å². The molecule has 1 atom stereocenters. The number of halogens is 1. The van der Waals surface area contributed by atoms with E-state index in [2.05, 4.69) is 5.32 Å². The first-order valence-electron chi connectivity index (χ1n) is 11.0. The van der Waals surface area contributed by atoms with E-state index in [0.29, 0.717) is 29.3 Å². The van der Waals surface area contributed by atoms with Crippen LogP contribution in [0.2, 0.25) is 0 Å². The van der Waals surface area contributed by atoms with E-state index >= 15 is 0 Å². The van der Waals surface area contributed by atoms with Gasteiger partial charge in [0.25, 0.3) is 5.69 Å². The van der Waals surface area contributed by atoms with Crippen molar-refractivity contribution in [3.63, 3.8) is 0 Å². The average molecular weight is 479 g/mol. The number of allylic oxidation sites excluding steroid dienone is 2. The van der Waals surface area contributed by atoms with Crippen LogP contribution in [-0.4, -0.2) is 35.5 Å². The highest BCUT2D eigenvalue weighted by Crippen LogP contribution is 2.40. The second-order valence-corrected chi connectivity index (χ2v) is 8.56. The van der Waals surface area contributed by atoms with Crippen LogP contribution in [0.5, 0.6) is 0 Å². The number of carbonyl (C=O) groups is 2. The highest BCUT2D eigenvalue weighted by atomic mass is 35.5. The van der Waals surface area contributed by atoms with Gasteiger partial charge in [-0.25, -0.2) is 9.59 Å². The van der Waals surface area contributed by atoms with Crippen molar-refractivity contribution in [2.24, 2.45) is 0 Å². The van der Waals surface area contributed by atoms with Crippen molar-refractivity contribution < 1.29 is 24.0 Å². The summed E-state index contributed by atoms with van der Waals surface area (Å²) in [6.07, 6.45) is 3.06. The Morgan fingerprint density at radius 3 is 2.33 bits per heavy atom. The van der Waals surface area contributed by atoms with Gasteiger partial charge >= 0.3 is 11.9 Å². The lowest BCUT2D eigenvalue weighted by molar-refractivity contribution is -0.384. The van der Waals surface area contributed by atoms with Gasteiger partial charge in [0.05, 0.1) is 34.7 Å². The molecule has 8 nitrogen and oxygen atoms in total. The number of ether oxygens (including phenoxy) is 2. The molecule has 0 bridgehead atoms. The number of nitro groups is 1. The Balaban J connectivity index is 2.42. The van der Waals surface area contributed by atoms with Crippen LogP contribution in [0.4, 0.5) is 5.69 Å². The number of rotatable bonds is 11. The zero-order chi connectivity index (χ0) is 24.5. The van der Waals surface area contributed by atoms with Gasteiger partial charge in [-0.3, -0.25) is 10.1 Å². The van der Waals surface area contributed by atoms with Gasteiger partial charge in [0.1, 0.15) is 0 Å². The molecular weight excluding hydrogens is 448 g/mol. The number of nitrogens with one attached hydrogen (secondary N) is 1. The van der Waals surface area contributed by atoms with Crippen molar-refractivity contribution in [1.29, 1.82) is 0 Å². The molecule has 9 heteroatoms. The molecule has 1 heterocycles. The molecule has 1 aliphatic rings. The van der Waals surface area contributed by atoms with Crippen molar-refractivity contribution >= 4 is 29.2 Å². The fourth-order valence-electron chi connectivity index (χ4n) is 3.76.